The number of ether oxygens (including phenoxy) is 2. The second-order valence-corrected chi connectivity index (χ2v) is 5.57. The second kappa shape index (κ2) is 11.1. The number of nitro groups is 1. The molecule has 2 amide bonds. The maximum atomic E-state index is 12.4. The van der Waals surface area contributed by atoms with Crippen molar-refractivity contribution >= 4 is 17.5 Å². The van der Waals surface area contributed by atoms with E-state index in [1.54, 1.807) is 19.3 Å². The highest BCUT2D eigenvalue weighted by Crippen LogP contribution is 2.14. The number of amides is 2. The number of carbonyl (C=O) groups excluding carboxylic acids is 2. The number of hydrogen-bond donors (Lipinski definition) is 3. The van der Waals surface area contributed by atoms with E-state index >= 15 is 0 Å². The van der Waals surface area contributed by atoms with Gasteiger partial charge in [-0.2, -0.15) is 0 Å². The van der Waals surface area contributed by atoms with E-state index < -0.39 is 28.7 Å². The lowest BCUT2D eigenvalue weighted by atomic mass is 10.0. The molecule has 1 aromatic carbocycles. The molecule has 26 heavy (non-hydrogen) atoms. The topological polar surface area (TPSA) is 140 Å². The van der Waals surface area contributed by atoms with Crippen molar-refractivity contribution in [2.75, 3.05) is 20.0 Å². The van der Waals surface area contributed by atoms with E-state index in [-0.39, 0.29) is 31.1 Å². The minimum Gasteiger partial charge on any atom is -0.356 e. The number of nitro benzene ring substituents is 1. The molecule has 0 aliphatic heterocycles. The zero-order valence-corrected chi connectivity index (χ0v) is 14.6. The summed E-state index contributed by atoms with van der Waals surface area (Å²) in [6.45, 7) is 3.96. The van der Waals surface area contributed by atoms with Crippen LogP contribution >= 0.6 is 0 Å². The largest absolute Gasteiger partial charge is 0.356 e. The maximum absolute atomic E-state index is 12.4. The summed E-state index contributed by atoms with van der Waals surface area (Å²) in [5.74, 6) is -1.72. The fraction of sp³-hybridized carbons (Fsp3) is 0.500. The van der Waals surface area contributed by atoms with Crippen molar-refractivity contribution in [3.05, 3.63) is 39.9 Å². The predicted molar refractivity (Wildman–Crippen MR) is 90.5 cm³/mol. The molecule has 0 aromatic heterocycles. The molecular weight excluding hydrogens is 346 g/mol. The molecule has 0 aliphatic carbocycles. The van der Waals surface area contributed by atoms with Crippen molar-refractivity contribution in [2.45, 2.75) is 26.3 Å². The van der Waals surface area contributed by atoms with Crippen LogP contribution in [0.2, 0.25) is 0 Å². The molecular formula is C16H23N3O7. The minimum absolute atomic E-state index is 0.0280. The average Bonchev–Trinajstić information content (AvgIpc) is 2.64. The normalized spacial score (nSPS) is 12.9. The molecule has 144 valence electrons. The van der Waals surface area contributed by atoms with E-state index in [2.05, 4.69) is 5.32 Å². The van der Waals surface area contributed by atoms with E-state index in [9.17, 15) is 19.7 Å². The first kappa shape index (κ1) is 21.5. The zero-order valence-electron chi connectivity index (χ0n) is 14.6. The minimum atomic E-state index is -0.593. The average molecular weight is 369 g/mol. The van der Waals surface area contributed by atoms with Gasteiger partial charge < -0.3 is 14.8 Å². The Bertz CT molecular complexity index is 624. The molecule has 0 spiro atoms. The van der Waals surface area contributed by atoms with Gasteiger partial charge in [-0.1, -0.05) is 13.0 Å². The molecule has 0 heterocycles. The van der Waals surface area contributed by atoms with Gasteiger partial charge in [0.2, 0.25) is 5.91 Å². The summed E-state index contributed by atoms with van der Waals surface area (Å²) < 4.78 is 10.4. The van der Waals surface area contributed by atoms with Crippen LogP contribution in [0.4, 0.5) is 5.69 Å². The molecule has 0 saturated heterocycles. The second-order valence-electron chi connectivity index (χ2n) is 5.57. The van der Waals surface area contributed by atoms with Gasteiger partial charge >= 0.3 is 0 Å². The standard InChI is InChI=1S/C16H23N3O7/c1-3-25-10-26-9-13(7-11(2)15(20)18-22)17-16(21)12-5-4-6-14(8-12)19(23)24/h4-6,8,11,13,22H,3,7,9-10H2,1-2H3,(H,17,21)(H,18,20)/t11-,13-/m0/s1. The monoisotopic (exact) mass is 369 g/mol. The Balaban J connectivity index is 2.78. The Morgan fingerprint density at radius 3 is 2.69 bits per heavy atom. The van der Waals surface area contributed by atoms with Gasteiger partial charge in [0.25, 0.3) is 11.6 Å². The molecule has 0 fully saturated rings. The third kappa shape index (κ3) is 7.13. The van der Waals surface area contributed by atoms with Crippen LogP contribution in [0.25, 0.3) is 0 Å². The van der Waals surface area contributed by atoms with Crippen LogP contribution < -0.4 is 10.8 Å². The Kier molecular flexibility index (Phi) is 9.20. The summed E-state index contributed by atoms with van der Waals surface area (Å²) in [6, 6.07) is 4.75. The third-order valence-electron chi connectivity index (χ3n) is 3.54. The molecule has 1 rings (SSSR count). The Morgan fingerprint density at radius 1 is 1.35 bits per heavy atom. The molecule has 1 aromatic rings. The summed E-state index contributed by atoms with van der Waals surface area (Å²) in [5.41, 5.74) is 1.48. The quantitative estimate of drug-likeness (QED) is 0.175. The highest BCUT2D eigenvalue weighted by Gasteiger charge is 2.22. The zero-order chi connectivity index (χ0) is 19.5. The van der Waals surface area contributed by atoms with Gasteiger partial charge in [-0.25, -0.2) is 5.48 Å². The van der Waals surface area contributed by atoms with Gasteiger partial charge in [-0.05, 0) is 19.4 Å². The lowest BCUT2D eigenvalue weighted by molar-refractivity contribution is -0.384. The smallest absolute Gasteiger partial charge is 0.270 e. The number of non-ortho nitro benzene ring substituents is 1. The molecule has 3 N–H and O–H groups in total. The van der Waals surface area contributed by atoms with Crippen molar-refractivity contribution in [3.63, 3.8) is 0 Å². The van der Waals surface area contributed by atoms with Crippen molar-refractivity contribution in [2.24, 2.45) is 5.92 Å². The summed E-state index contributed by atoms with van der Waals surface area (Å²) in [4.78, 5) is 34.1. The van der Waals surface area contributed by atoms with E-state index in [1.165, 1.54) is 18.2 Å². The van der Waals surface area contributed by atoms with E-state index in [1.807, 2.05) is 0 Å². The molecule has 10 nitrogen and oxygen atoms in total. The summed E-state index contributed by atoms with van der Waals surface area (Å²) >= 11 is 0. The third-order valence-corrected chi connectivity index (χ3v) is 3.54. The van der Waals surface area contributed by atoms with Crippen LogP contribution in [0.1, 0.15) is 30.6 Å². The van der Waals surface area contributed by atoms with E-state index in [0.717, 1.165) is 6.07 Å². The summed E-state index contributed by atoms with van der Waals surface area (Å²) in [7, 11) is 0. The van der Waals surface area contributed by atoms with Gasteiger partial charge in [0, 0.05) is 30.2 Å². The maximum Gasteiger partial charge on any atom is 0.270 e. The van der Waals surface area contributed by atoms with Gasteiger partial charge in [0.1, 0.15) is 6.79 Å². The highest BCUT2D eigenvalue weighted by molar-refractivity contribution is 5.95. The van der Waals surface area contributed by atoms with E-state index in [4.69, 9.17) is 14.7 Å². The highest BCUT2D eigenvalue weighted by atomic mass is 16.7. The first-order valence-corrected chi connectivity index (χ1v) is 8.03. The van der Waals surface area contributed by atoms with E-state index in [0.29, 0.717) is 6.61 Å². The Labute approximate surface area is 150 Å². The number of hydroxylamine groups is 1. The van der Waals surface area contributed by atoms with Crippen LogP contribution in [0.3, 0.4) is 0 Å². The Hall–Kier alpha value is -2.56. The molecule has 0 radical (unpaired) electrons. The molecule has 0 aliphatic rings. The predicted octanol–water partition coefficient (Wildman–Crippen LogP) is 1.24. The first-order chi connectivity index (χ1) is 12.4. The van der Waals surface area contributed by atoms with Crippen LogP contribution in [-0.4, -0.2) is 48.0 Å². The molecule has 10 heteroatoms. The fourth-order valence-corrected chi connectivity index (χ4v) is 2.17. The molecule has 0 bridgehead atoms. The van der Waals surface area contributed by atoms with Crippen molar-refractivity contribution in [3.8, 4) is 0 Å². The molecule has 0 saturated carbocycles. The number of carbonyl (C=O) groups is 2. The number of hydrogen-bond acceptors (Lipinski definition) is 7. The fourth-order valence-electron chi connectivity index (χ4n) is 2.17. The van der Waals surface area contributed by atoms with Crippen molar-refractivity contribution in [1.29, 1.82) is 0 Å². The summed E-state index contributed by atoms with van der Waals surface area (Å²) in [6.07, 6.45) is 0.194. The number of rotatable bonds is 11. The number of benzene rings is 1. The van der Waals surface area contributed by atoms with Crippen molar-refractivity contribution in [1.82, 2.24) is 10.8 Å². The Morgan fingerprint density at radius 2 is 2.08 bits per heavy atom. The first-order valence-electron chi connectivity index (χ1n) is 8.03. The lowest BCUT2D eigenvalue weighted by Gasteiger charge is -2.21. The SMILES string of the molecule is CCOCOC[C@H](C[C@H](C)C(=O)NO)NC(=O)c1cccc([N+](=O)[O-])c1. The van der Waals surface area contributed by atoms with Gasteiger partial charge in [0.05, 0.1) is 17.6 Å². The lowest BCUT2D eigenvalue weighted by Crippen LogP contribution is -2.41. The molecule has 0 unspecified atom stereocenters. The number of nitrogens with zero attached hydrogens (tertiary/aromatic N) is 1. The molecule has 2 atom stereocenters. The van der Waals surface area contributed by atoms with Gasteiger partial charge in [0.15, 0.2) is 0 Å². The van der Waals surface area contributed by atoms with Crippen LogP contribution in [0.5, 0.6) is 0 Å². The van der Waals surface area contributed by atoms with Gasteiger partial charge in [-0.15, -0.1) is 0 Å². The van der Waals surface area contributed by atoms with Gasteiger partial charge in [-0.3, -0.25) is 24.9 Å². The van der Waals surface area contributed by atoms with Crippen molar-refractivity contribution < 1.29 is 29.2 Å². The van der Waals surface area contributed by atoms with Crippen LogP contribution in [0.15, 0.2) is 24.3 Å². The van der Waals surface area contributed by atoms with Crippen LogP contribution in [-0.2, 0) is 14.3 Å². The number of nitrogens with one attached hydrogen (secondary N) is 2. The van der Waals surface area contributed by atoms with Crippen LogP contribution in [0, 0.1) is 16.0 Å². The summed E-state index contributed by atoms with van der Waals surface area (Å²) in [5, 5.41) is 22.2.